The minimum Gasteiger partial charge on any atom is -0.494 e. The molecule has 0 radical (unpaired) electrons. The Morgan fingerprint density at radius 2 is 1.95 bits per heavy atom. The van der Waals surface area contributed by atoms with Gasteiger partial charge in [-0.05, 0) is 43.7 Å². The maximum absolute atomic E-state index is 13.3. The molecule has 2 bridgehead atoms. The van der Waals surface area contributed by atoms with Gasteiger partial charge in [-0.3, -0.25) is 19.2 Å². The first-order valence-electron chi connectivity index (χ1n) is 15.2. The molecule has 4 amide bonds. The molecule has 2 N–H and O–H groups in total. The van der Waals surface area contributed by atoms with E-state index in [2.05, 4.69) is 15.6 Å². The van der Waals surface area contributed by atoms with E-state index in [9.17, 15) is 19.2 Å². The minimum atomic E-state index is -0.717. The quantitative estimate of drug-likeness (QED) is 0.560. The number of carbonyl (C=O) groups is 4. The van der Waals surface area contributed by atoms with Crippen LogP contribution in [0.1, 0.15) is 58.8 Å². The molecule has 42 heavy (non-hydrogen) atoms. The summed E-state index contributed by atoms with van der Waals surface area (Å²) < 4.78 is 7.98. The van der Waals surface area contributed by atoms with Gasteiger partial charge in [-0.1, -0.05) is 32.4 Å². The van der Waals surface area contributed by atoms with E-state index >= 15 is 0 Å². The molecule has 0 aliphatic carbocycles. The summed E-state index contributed by atoms with van der Waals surface area (Å²) in [6.07, 6.45) is 8.07. The Morgan fingerprint density at radius 1 is 1.10 bits per heavy atom. The van der Waals surface area contributed by atoms with Crippen molar-refractivity contribution in [3.05, 3.63) is 36.7 Å². The number of nitrogens with one attached hydrogen (secondary N) is 2. The molecule has 0 spiro atoms. The molecule has 2 aliphatic rings. The summed E-state index contributed by atoms with van der Waals surface area (Å²) in [6, 6.07) is 6.95. The molecule has 1 saturated heterocycles. The lowest BCUT2D eigenvalue weighted by atomic mass is 10.0. The van der Waals surface area contributed by atoms with Gasteiger partial charge >= 0.3 is 0 Å². The number of aromatic nitrogens is 2. The fraction of sp³-hybridized carbons (Fsp3) is 0.581. The Morgan fingerprint density at radius 3 is 2.79 bits per heavy atom. The van der Waals surface area contributed by atoms with Crippen LogP contribution in [0.5, 0.6) is 5.75 Å². The van der Waals surface area contributed by atoms with Crippen molar-refractivity contribution in [2.75, 3.05) is 39.3 Å². The van der Waals surface area contributed by atoms with Crippen LogP contribution in [0.3, 0.4) is 0 Å². The number of hydrogen-bond donors (Lipinski definition) is 2. The Kier molecular flexibility index (Phi) is 11.4. The van der Waals surface area contributed by atoms with Gasteiger partial charge in [-0.15, -0.1) is 0 Å². The molecule has 2 aliphatic heterocycles. The van der Waals surface area contributed by atoms with Crippen molar-refractivity contribution >= 4 is 23.6 Å². The van der Waals surface area contributed by atoms with Crippen molar-refractivity contribution < 1.29 is 23.9 Å². The van der Waals surface area contributed by atoms with Crippen molar-refractivity contribution in [2.45, 2.75) is 71.4 Å². The smallest absolute Gasteiger partial charge is 0.242 e. The van der Waals surface area contributed by atoms with Crippen LogP contribution in [0.4, 0.5) is 0 Å². The van der Waals surface area contributed by atoms with E-state index in [-0.39, 0.29) is 42.5 Å². The second-order valence-electron chi connectivity index (χ2n) is 11.5. The molecule has 1 aromatic heterocycles. The summed E-state index contributed by atoms with van der Waals surface area (Å²) in [6.45, 7) is 6.37. The van der Waals surface area contributed by atoms with Crippen LogP contribution in [0.2, 0.25) is 0 Å². The molecule has 2 aromatic rings. The zero-order valence-corrected chi connectivity index (χ0v) is 24.8. The highest BCUT2D eigenvalue weighted by Crippen LogP contribution is 2.23. The van der Waals surface area contributed by atoms with Crippen LogP contribution < -0.4 is 15.4 Å². The molecule has 1 fully saturated rings. The minimum absolute atomic E-state index is 0.0818. The first-order chi connectivity index (χ1) is 20.3. The number of fused-ring (bicyclic) bond motifs is 4. The highest BCUT2D eigenvalue weighted by molar-refractivity contribution is 5.90. The number of hydrogen-bond acceptors (Lipinski definition) is 6. The van der Waals surface area contributed by atoms with Crippen molar-refractivity contribution in [1.82, 2.24) is 30.0 Å². The number of imidazole rings is 1. The van der Waals surface area contributed by atoms with Crippen molar-refractivity contribution in [2.24, 2.45) is 5.92 Å². The molecule has 11 heteroatoms. The van der Waals surface area contributed by atoms with Gasteiger partial charge in [-0.25, -0.2) is 4.98 Å². The van der Waals surface area contributed by atoms with Crippen LogP contribution in [-0.2, 0) is 25.7 Å². The van der Waals surface area contributed by atoms with Gasteiger partial charge in [0.25, 0.3) is 0 Å². The van der Waals surface area contributed by atoms with E-state index in [0.29, 0.717) is 64.3 Å². The second kappa shape index (κ2) is 15.4. The van der Waals surface area contributed by atoms with Gasteiger partial charge in [0.2, 0.25) is 23.6 Å². The third-order valence-electron chi connectivity index (χ3n) is 7.61. The van der Waals surface area contributed by atoms with Crippen LogP contribution in [-0.4, -0.2) is 88.4 Å². The lowest BCUT2D eigenvalue weighted by Crippen LogP contribution is -2.51. The fourth-order valence-electron chi connectivity index (χ4n) is 5.41. The maximum Gasteiger partial charge on any atom is 0.242 e. The number of ether oxygens (including phenoxy) is 1. The highest BCUT2D eigenvalue weighted by Gasteiger charge is 2.25. The second-order valence-corrected chi connectivity index (χ2v) is 11.5. The largest absolute Gasteiger partial charge is 0.494 e. The number of rotatable bonds is 5. The van der Waals surface area contributed by atoms with Crippen molar-refractivity contribution in [3.63, 3.8) is 0 Å². The zero-order valence-electron chi connectivity index (χ0n) is 24.8. The molecule has 1 aromatic carbocycles. The Labute approximate surface area is 248 Å². The molecular formula is C31H44N6O5. The normalized spacial score (nSPS) is 19.6. The van der Waals surface area contributed by atoms with Gasteiger partial charge in [0.1, 0.15) is 17.6 Å². The SMILES string of the molecule is CC(C)C[C@H]1NC(=O)CN(C(=O)CCN2CCCCCC2=O)CCCOc2cccc(c2)-c2nccn2CCNC1=O. The van der Waals surface area contributed by atoms with Crippen molar-refractivity contribution in [3.8, 4) is 17.1 Å². The van der Waals surface area contributed by atoms with E-state index in [1.54, 1.807) is 11.1 Å². The predicted octanol–water partition coefficient (Wildman–Crippen LogP) is 2.60. The average Bonchev–Trinajstić information content (AvgIpc) is 3.33. The molecule has 1 atom stereocenters. The summed E-state index contributed by atoms with van der Waals surface area (Å²) >= 11 is 0. The standard InChI is InChI=1S/C31H44N6O5/c1-23(2)20-26-31(41)33-13-18-36-17-12-32-30(36)24-8-6-9-25(21-24)42-19-7-15-37(22-27(38)34-26)29(40)11-16-35-14-5-3-4-10-28(35)39/h6,8-9,12,17,21,23,26H,3-5,7,10-11,13-16,18-20,22H2,1-2H3,(H,33,41)(H,34,38)/t26-/m1/s1. The zero-order chi connectivity index (χ0) is 29.9. The van der Waals surface area contributed by atoms with E-state index in [0.717, 1.165) is 30.7 Å². The molecule has 228 valence electrons. The molecule has 3 heterocycles. The van der Waals surface area contributed by atoms with E-state index in [4.69, 9.17) is 4.74 Å². The summed E-state index contributed by atoms with van der Waals surface area (Å²) in [5.41, 5.74) is 0.898. The van der Waals surface area contributed by atoms with Crippen LogP contribution >= 0.6 is 0 Å². The van der Waals surface area contributed by atoms with Crippen LogP contribution in [0.25, 0.3) is 11.4 Å². The summed E-state index contributed by atoms with van der Waals surface area (Å²) in [5.74, 6) is 0.862. The number of benzene rings is 1. The summed E-state index contributed by atoms with van der Waals surface area (Å²) in [5, 5.41) is 5.82. The Bertz CT molecular complexity index is 1230. The topological polar surface area (TPSA) is 126 Å². The number of carbonyl (C=O) groups excluding carboxylic acids is 4. The van der Waals surface area contributed by atoms with Gasteiger partial charge < -0.3 is 29.7 Å². The summed E-state index contributed by atoms with van der Waals surface area (Å²) in [7, 11) is 0. The Hall–Kier alpha value is -3.89. The third kappa shape index (κ3) is 9.06. The van der Waals surface area contributed by atoms with E-state index in [1.165, 1.54) is 4.90 Å². The van der Waals surface area contributed by atoms with Gasteiger partial charge in [-0.2, -0.15) is 0 Å². The van der Waals surface area contributed by atoms with Gasteiger partial charge in [0.15, 0.2) is 0 Å². The van der Waals surface area contributed by atoms with Crippen molar-refractivity contribution in [1.29, 1.82) is 0 Å². The lowest BCUT2D eigenvalue weighted by molar-refractivity contribution is -0.138. The fourth-order valence-corrected chi connectivity index (χ4v) is 5.41. The average molecular weight is 581 g/mol. The Balaban J connectivity index is 1.50. The predicted molar refractivity (Wildman–Crippen MR) is 158 cm³/mol. The number of likely N-dealkylation sites (tertiary alicyclic amines) is 1. The highest BCUT2D eigenvalue weighted by atomic mass is 16.5. The molecule has 11 nitrogen and oxygen atoms in total. The molecule has 0 unspecified atom stereocenters. The van der Waals surface area contributed by atoms with Crippen LogP contribution in [0.15, 0.2) is 36.7 Å². The number of amides is 4. The van der Waals surface area contributed by atoms with Crippen LogP contribution in [0, 0.1) is 5.92 Å². The van der Waals surface area contributed by atoms with Gasteiger partial charge in [0.05, 0.1) is 13.2 Å². The molecular weight excluding hydrogens is 536 g/mol. The lowest BCUT2D eigenvalue weighted by Gasteiger charge is -2.26. The first-order valence-corrected chi connectivity index (χ1v) is 15.2. The monoisotopic (exact) mass is 580 g/mol. The van der Waals surface area contributed by atoms with Gasteiger partial charge in [0, 0.05) is 63.5 Å². The third-order valence-corrected chi connectivity index (χ3v) is 7.61. The maximum atomic E-state index is 13.3. The first kappa shape index (κ1) is 31.1. The van der Waals surface area contributed by atoms with E-state index < -0.39 is 6.04 Å². The number of nitrogens with zero attached hydrogens (tertiary/aromatic N) is 4. The molecule has 4 rings (SSSR count). The van der Waals surface area contributed by atoms with E-state index in [1.807, 2.05) is 48.9 Å². The molecule has 0 saturated carbocycles. The summed E-state index contributed by atoms with van der Waals surface area (Å²) in [4.78, 5) is 59.9.